The van der Waals surface area contributed by atoms with Gasteiger partial charge in [0.15, 0.2) is 5.13 Å². The number of carbonyl (C=O) groups is 1. The van der Waals surface area contributed by atoms with Crippen molar-refractivity contribution in [3.63, 3.8) is 0 Å². The molecule has 2 heterocycles. The Kier molecular flexibility index (Phi) is 2.84. The summed E-state index contributed by atoms with van der Waals surface area (Å²) in [6, 6.07) is 0. The largest absolute Gasteiger partial charge is 0.348 e. The number of hydrogen-bond acceptors (Lipinski definition) is 4. The Bertz CT molecular complexity index is 638. The third-order valence-corrected chi connectivity index (χ3v) is 5.26. The number of aryl methyl sites for hydroxylation is 3. The number of thiazole rings is 1. The molecule has 1 amide bonds. The smallest absolute Gasteiger partial charge is 0.229 e. The molecular formula is C14H16N4OS. The van der Waals surface area contributed by atoms with Gasteiger partial charge in [-0.15, -0.1) is 11.3 Å². The van der Waals surface area contributed by atoms with Crippen LogP contribution in [0, 0.1) is 5.92 Å². The minimum Gasteiger partial charge on any atom is -0.348 e. The summed E-state index contributed by atoms with van der Waals surface area (Å²) in [7, 11) is 0. The van der Waals surface area contributed by atoms with E-state index < -0.39 is 0 Å². The van der Waals surface area contributed by atoms with E-state index in [4.69, 9.17) is 0 Å². The highest BCUT2D eigenvalue weighted by Gasteiger charge is 2.27. The van der Waals surface area contributed by atoms with Crippen molar-refractivity contribution < 1.29 is 4.79 Å². The molecule has 4 rings (SSSR count). The zero-order chi connectivity index (χ0) is 13.5. The minimum absolute atomic E-state index is 0.0293. The van der Waals surface area contributed by atoms with Gasteiger partial charge in [-0.1, -0.05) is 0 Å². The van der Waals surface area contributed by atoms with Crippen LogP contribution < -0.4 is 5.32 Å². The van der Waals surface area contributed by atoms with E-state index in [9.17, 15) is 4.79 Å². The molecule has 5 nitrogen and oxygen atoms in total. The van der Waals surface area contributed by atoms with Gasteiger partial charge in [-0.25, -0.2) is 9.97 Å². The molecule has 104 valence electrons. The molecule has 2 aromatic heterocycles. The van der Waals surface area contributed by atoms with E-state index in [1.54, 1.807) is 17.7 Å². The highest BCUT2D eigenvalue weighted by atomic mass is 32.1. The molecule has 2 aromatic rings. The second-order valence-corrected chi connectivity index (χ2v) is 6.58. The van der Waals surface area contributed by atoms with Crippen LogP contribution in [0.15, 0.2) is 6.33 Å². The van der Waals surface area contributed by atoms with Crippen LogP contribution in [0.2, 0.25) is 0 Å². The third-order valence-electron chi connectivity index (χ3n) is 4.18. The average molecular weight is 288 g/mol. The van der Waals surface area contributed by atoms with Crippen molar-refractivity contribution in [3.8, 4) is 0 Å². The number of H-pyrrole nitrogens is 1. The van der Waals surface area contributed by atoms with Gasteiger partial charge >= 0.3 is 0 Å². The minimum atomic E-state index is 0.0293. The molecule has 20 heavy (non-hydrogen) atoms. The molecule has 1 unspecified atom stereocenters. The Labute approximate surface area is 120 Å². The van der Waals surface area contributed by atoms with Crippen molar-refractivity contribution in [2.24, 2.45) is 5.92 Å². The highest BCUT2D eigenvalue weighted by molar-refractivity contribution is 7.15. The third kappa shape index (κ3) is 2.04. The first-order chi connectivity index (χ1) is 9.79. The van der Waals surface area contributed by atoms with Gasteiger partial charge in [-0.3, -0.25) is 4.79 Å². The van der Waals surface area contributed by atoms with Crippen molar-refractivity contribution in [2.75, 3.05) is 5.32 Å². The number of imidazole rings is 1. The molecule has 0 radical (unpaired) electrons. The molecule has 2 aliphatic rings. The summed E-state index contributed by atoms with van der Waals surface area (Å²) in [5.74, 6) is 0.124. The van der Waals surface area contributed by atoms with E-state index in [1.807, 2.05) is 0 Å². The summed E-state index contributed by atoms with van der Waals surface area (Å²) in [6.45, 7) is 0. The molecule has 2 aliphatic carbocycles. The SMILES string of the molecule is O=C(Nc1nc2c(s1)CCC2)C1CCc2nc[nH]c2C1. The van der Waals surface area contributed by atoms with E-state index in [0.29, 0.717) is 0 Å². The topological polar surface area (TPSA) is 70.7 Å². The molecule has 2 N–H and O–H groups in total. The van der Waals surface area contributed by atoms with Crippen molar-refractivity contribution in [3.05, 3.63) is 28.3 Å². The van der Waals surface area contributed by atoms with Crippen LogP contribution in [-0.2, 0) is 30.5 Å². The van der Waals surface area contributed by atoms with E-state index in [2.05, 4.69) is 20.3 Å². The normalized spacial score (nSPS) is 20.5. The first-order valence-electron chi connectivity index (χ1n) is 7.10. The van der Waals surface area contributed by atoms with Crippen LogP contribution in [0.4, 0.5) is 5.13 Å². The second-order valence-electron chi connectivity index (χ2n) is 5.50. The fourth-order valence-electron chi connectivity index (χ4n) is 3.08. The van der Waals surface area contributed by atoms with Gasteiger partial charge in [0.2, 0.25) is 5.91 Å². The van der Waals surface area contributed by atoms with Gasteiger partial charge in [0, 0.05) is 22.9 Å². The summed E-state index contributed by atoms with van der Waals surface area (Å²) in [5.41, 5.74) is 3.41. The average Bonchev–Trinajstić information content (AvgIpc) is 3.11. The maximum Gasteiger partial charge on any atom is 0.229 e. The Morgan fingerprint density at radius 1 is 1.35 bits per heavy atom. The predicted molar refractivity (Wildman–Crippen MR) is 76.9 cm³/mol. The van der Waals surface area contributed by atoms with Crippen LogP contribution >= 0.6 is 11.3 Å². The van der Waals surface area contributed by atoms with Gasteiger partial charge in [0.1, 0.15) is 0 Å². The lowest BCUT2D eigenvalue weighted by atomic mass is 9.89. The van der Waals surface area contributed by atoms with Crippen LogP contribution in [-0.4, -0.2) is 20.9 Å². The summed E-state index contributed by atoms with van der Waals surface area (Å²) in [4.78, 5) is 25.6. The summed E-state index contributed by atoms with van der Waals surface area (Å²) in [5, 5.41) is 3.77. The summed E-state index contributed by atoms with van der Waals surface area (Å²) < 4.78 is 0. The molecule has 0 aliphatic heterocycles. The maximum absolute atomic E-state index is 12.3. The number of fused-ring (bicyclic) bond motifs is 2. The number of aromatic nitrogens is 3. The Hall–Kier alpha value is -1.69. The summed E-state index contributed by atoms with van der Waals surface area (Å²) >= 11 is 1.64. The van der Waals surface area contributed by atoms with Crippen LogP contribution in [0.1, 0.15) is 34.8 Å². The molecular weight excluding hydrogens is 272 g/mol. The van der Waals surface area contributed by atoms with Gasteiger partial charge in [0.05, 0.1) is 17.7 Å². The zero-order valence-electron chi connectivity index (χ0n) is 11.1. The van der Waals surface area contributed by atoms with Crippen LogP contribution in [0.3, 0.4) is 0 Å². The summed E-state index contributed by atoms with van der Waals surface area (Å²) in [6.07, 6.45) is 7.60. The molecule has 0 saturated carbocycles. The molecule has 0 bridgehead atoms. The monoisotopic (exact) mass is 288 g/mol. The van der Waals surface area contributed by atoms with Gasteiger partial charge in [-0.2, -0.15) is 0 Å². The number of anilines is 1. The molecule has 0 spiro atoms. The van der Waals surface area contributed by atoms with Gasteiger partial charge in [0.25, 0.3) is 0 Å². The van der Waals surface area contributed by atoms with Crippen molar-refractivity contribution in [1.82, 2.24) is 15.0 Å². The van der Waals surface area contributed by atoms with E-state index in [0.717, 1.165) is 48.6 Å². The van der Waals surface area contributed by atoms with E-state index >= 15 is 0 Å². The fourth-order valence-corrected chi connectivity index (χ4v) is 4.13. The van der Waals surface area contributed by atoms with E-state index in [1.165, 1.54) is 17.0 Å². The number of amides is 1. The number of hydrogen-bond donors (Lipinski definition) is 2. The van der Waals surface area contributed by atoms with E-state index in [-0.39, 0.29) is 11.8 Å². The van der Waals surface area contributed by atoms with Gasteiger partial charge in [-0.05, 0) is 32.1 Å². The lowest BCUT2D eigenvalue weighted by molar-refractivity contribution is -0.120. The quantitative estimate of drug-likeness (QED) is 0.889. The number of nitrogens with zero attached hydrogens (tertiary/aromatic N) is 2. The highest BCUT2D eigenvalue weighted by Crippen LogP contribution is 2.31. The maximum atomic E-state index is 12.3. The van der Waals surface area contributed by atoms with Crippen molar-refractivity contribution in [1.29, 1.82) is 0 Å². The fraction of sp³-hybridized carbons (Fsp3) is 0.500. The molecule has 6 heteroatoms. The van der Waals surface area contributed by atoms with Crippen LogP contribution in [0.5, 0.6) is 0 Å². The lowest BCUT2D eigenvalue weighted by Crippen LogP contribution is -2.28. The van der Waals surface area contributed by atoms with Crippen molar-refractivity contribution >= 4 is 22.4 Å². The first kappa shape index (κ1) is 12.1. The first-order valence-corrected chi connectivity index (χ1v) is 7.92. The van der Waals surface area contributed by atoms with Crippen molar-refractivity contribution in [2.45, 2.75) is 38.5 Å². The Morgan fingerprint density at radius 2 is 2.30 bits per heavy atom. The second kappa shape index (κ2) is 4.70. The number of carbonyl (C=O) groups excluding carboxylic acids is 1. The molecule has 0 saturated heterocycles. The predicted octanol–water partition coefficient (Wildman–Crippen LogP) is 2.10. The standard InChI is InChI=1S/C14H16N4OS/c19-13(8-4-5-9-11(6-8)16-7-15-9)18-14-17-10-2-1-3-12(10)20-14/h7-8H,1-6H2,(H,15,16)(H,17,18,19). The number of aromatic amines is 1. The Morgan fingerprint density at radius 3 is 3.20 bits per heavy atom. The van der Waals surface area contributed by atoms with Gasteiger partial charge < -0.3 is 10.3 Å². The molecule has 0 fully saturated rings. The lowest BCUT2D eigenvalue weighted by Gasteiger charge is -2.19. The number of nitrogens with one attached hydrogen (secondary N) is 2. The zero-order valence-corrected chi connectivity index (χ0v) is 11.9. The molecule has 0 aromatic carbocycles. The number of rotatable bonds is 2. The molecule has 1 atom stereocenters. The Balaban J connectivity index is 1.45. The van der Waals surface area contributed by atoms with Crippen LogP contribution in [0.25, 0.3) is 0 Å².